The van der Waals surface area contributed by atoms with Gasteiger partial charge in [-0.15, -0.1) is 0 Å². The first-order chi connectivity index (χ1) is 7.84. The summed E-state index contributed by atoms with van der Waals surface area (Å²) in [5.41, 5.74) is 3.80. The zero-order valence-corrected chi connectivity index (χ0v) is 8.91. The largest absolute Gasteiger partial charge is 0.497 e. The second-order valence-corrected chi connectivity index (χ2v) is 3.19. The maximum absolute atomic E-state index is 12.7. The van der Waals surface area contributed by atoms with Gasteiger partial charge in [0.05, 0.1) is 12.7 Å². The van der Waals surface area contributed by atoms with Gasteiger partial charge in [-0.1, -0.05) is 6.07 Å². The highest BCUT2D eigenvalue weighted by molar-refractivity contribution is 5.90. The molecule has 0 aromatic heterocycles. The van der Waals surface area contributed by atoms with E-state index in [2.05, 4.69) is 0 Å². The topological polar surface area (TPSA) is 52.3 Å². The predicted molar refractivity (Wildman–Crippen MR) is 56.2 cm³/mol. The van der Waals surface area contributed by atoms with Crippen molar-refractivity contribution in [2.45, 2.75) is 6.18 Å². The molecule has 0 spiro atoms. The standard InChI is InChI=1S/C11H10F3NO2/c1-17-8-4-2-7(3-5-10(15)16)9(6-8)11(12,13)14/h2-6H,1H3,(H2,15,16). The van der Waals surface area contributed by atoms with Crippen LogP contribution in [0.4, 0.5) is 13.2 Å². The van der Waals surface area contributed by atoms with E-state index in [9.17, 15) is 18.0 Å². The lowest BCUT2D eigenvalue weighted by atomic mass is 10.1. The van der Waals surface area contributed by atoms with Crippen LogP contribution >= 0.6 is 0 Å². The summed E-state index contributed by atoms with van der Waals surface area (Å²) in [6.45, 7) is 0. The maximum Gasteiger partial charge on any atom is 0.417 e. The number of carbonyl (C=O) groups is 1. The van der Waals surface area contributed by atoms with Crippen molar-refractivity contribution in [3.8, 4) is 5.75 Å². The van der Waals surface area contributed by atoms with E-state index in [-0.39, 0.29) is 11.3 Å². The van der Waals surface area contributed by atoms with Crippen LogP contribution in [0.15, 0.2) is 24.3 Å². The Balaban J connectivity index is 3.25. The highest BCUT2D eigenvalue weighted by atomic mass is 19.4. The lowest BCUT2D eigenvalue weighted by Crippen LogP contribution is -2.09. The van der Waals surface area contributed by atoms with Gasteiger partial charge in [0.25, 0.3) is 0 Å². The molecule has 0 unspecified atom stereocenters. The fraction of sp³-hybridized carbons (Fsp3) is 0.182. The predicted octanol–water partition coefficient (Wildman–Crippen LogP) is 2.21. The van der Waals surface area contributed by atoms with Crippen molar-refractivity contribution >= 4 is 12.0 Å². The van der Waals surface area contributed by atoms with Crippen molar-refractivity contribution in [2.75, 3.05) is 7.11 Å². The van der Waals surface area contributed by atoms with E-state index in [4.69, 9.17) is 10.5 Å². The number of nitrogens with two attached hydrogens (primary N) is 1. The van der Waals surface area contributed by atoms with E-state index in [0.29, 0.717) is 0 Å². The molecule has 0 aliphatic heterocycles. The number of ether oxygens (including phenoxy) is 1. The fourth-order valence-corrected chi connectivity index (χ4v) is 1.23. The van der Waals surface area contributed by atoms with Crippen LogP contribution in [-0.4, -0.2) is 13.0 Å². The minimum absolute atomic E-state index is 0.0913. The Kier molecular flexibility index (Phi) is 3.77. The molecule has 0 fully saturated rings. The maximum atomic E-state index is 12.7. The van der Waals surface area contributed by atoms with Crippen molar-refractivity contribution < 1.29 is 22.7 Å². The normalized spacial score (nSPS) is 11.8. The van der Waals surface area contributed by atoms with Crippen molar-refractivity contribution in [3.05, 3.63) is 35.4 Å². The molecule has 17 heavy (non-hydrogen) atoms. The number of hydrogen-bond donors (Lipinski definition) is 1. The number of rotatable bonds is 3. The number of benzene rings is 1. The second-order valence-electron chi connectivity index (χ2n) is 3.19. The Labute approximate surface area is 95.7 Å². The molecule has 6 heteroatoms. The number of amides is 1. The van der Waals surface area contributed by atoms with Gasteiger partial charge < -0.3 is 10.5 Å². The summed E-state index contributed by atoms with van der Waals surface area (Å²) in [4.78, 5) is 10.5. The molecule has 0 aliphatic carbocycles. The van der Waals surface area contributed by atoms with Crippen molar-refractivity contribution in [1.29, 1.82) is 0 Å². The number of methoxy groups -OCH3 is 1. The van der Waals surface area contributed by atoms with Crippen LogP contribution in [0.3, 0.4) is 0 Å². The molecule has 0 saturated carbocycles. The van der Waals surface area contributed by atoms with E-state index >= 15 is 0 Å². The van der Waals surface area contributed by atoms with Crippen molar-refractivity contribution in [2.24, 2.45) is 5.73 Å². The third-order valence-corrected chi connectivity index (χ3v) is 1.99. The molecule has 1 aromatic carbocycles. The zero-order valence-electron chi connectivity index (χ0n) is 8.91. The van der Waals surface area contributed by atoms with Gasteiger partial charge in [0.2, 0.25) is 5.91 Å². The minimum atomic E-state index is -4.52. The van der Waals surface area contributed by atoms with Gasteiger partial charge in [-0.25, -0.2) is 0 Å². The summed E-state index contributed by atoms with van der Waals surface area (Å²) in [6, 6.07) is 3.44. The van der Waals surface area contributed by atoms with Gasteiger partial charge in [0, 0.05) is 6.08 Å². The highest BCUT2D eigenvalue weighted by Crippen LogP contribution is 2.34. The number of primary amides is 1. The van der Waals surface area contributed by atoms with E-state index in [1.165, 1.54) is 19.2 Å². The monoisotopic (exact) mass is 245 g/mol. The summed E-state index contributed by atoms with van der Waals surface area (Å²) < 4.78 is 42.8. The van der Waals surface area contributed by atoms with Crippen LogP contribution in [0.1, 0.15) is 11.1 Å². The van der Waals surface area contributed by atoms with Crippen molar-refractivity contribution in [1.82, 2.24) is 0 Å². The zero-order chi connectivity index (χ0) is 13.1. The average Bonchev–Trinajstić information content (AvgIpc) is 2.24. The Hall–Kier alpha value is -1.98. The van der Waals surface area contributed by atoms with Gasteiger partial charge in [0.1, 0.15) is 5.75 Å². The molecule has 0 saturated heterocycles. The molecule has 1 aromatic rings. The van der Waals surface area contributed by atoms with Crippen LogP contribution in [0.5, 0.6) is 5.75 Å². The number of carbonyl (C=O) groups excluding carboxylic acids is 1. The van der Waals surface area contributed by atoms with E-state index in [0.717, 1.165) is 18.2 Å². The first-order valence-electron chi connectivity index (χ1n) is 4.57. The Morgan fingerprint density at radius 2 is 2.06 bits per heavy atom. The Morgan fingerprint density at radius 1 is 1.41 bits per heavy atom. The Bertz CT molecular complexity index is 453. The average molecular weight is 245 g/mol. The van der Waals surface area contributed by atoms with Crippen LogP contribution in [0, 0.1) is 0 Å². The van der Waals surface area contributed by atoms with Gasteiger partial charge in [-0.05, 0) is 23.8 Å². The van der Waals surface area contributed by atoms with Crippen LogP contribution in [0.25, 0.3) is 6.08 Å². The second kappa shape index (κ2) is 4.90. The molecule has 1 rings (SSSR count). The molecular weight excluding hydrogens is 235 g/mol. The van der Waals surface area contributed by atoms with Crippen LogP contribution < -0.4 is 10.5 Å². The summed E-state index contributed by atoms with van der Waals surface area (Å²) in [6.07, 6.45) is -2.63. The van der Waals surface area contributed by atoms with Gasteiger partial charge in [-0.3, -0.25) is 4.79 Å². The smallest absolute Gasteiger partial charge is 0.417 e. The molecular formula is C11H10F3NO2. The van der Waals surface area contributed by atoms with E-state index in [1.54, 1.807) is 0 Å². The lowest BCUT2D eigenvalue weighted by Gasteiger charge is -2.11. The quantitative estimate of drug-likeness (QED) is 0.830. The van der Waals surface area contributed by atoms with Crippen molar-refractivity contribution in [3.63, 3.8) is 0 Å². The van der Waals surface area contributed by atoms with Crippen LogP contribution in [0.2, 0.25) is 0 Å². The van der Waals surface area contributed by atoms with Gasteiger partial charge >= 0.3 is 6.18 Å². The first kappa shape index (κ1) is 13.1. The summed E-state index contributed by atoms with van der Waals surface area (Å²) in [5.74, 6) is -0.720. The van der Waals surface area contributed by atoms with Gasteiger partial charge in [-0.2, -0.15) is 13.2 Å². The van der Waals surface area contributed by atoms with Crippen LogP contribution in [-0.2, 0) is 11.0 Å². The summed E-state index contributed by atoms with van der Waals surface area (Å²) in [5, 5.41) is 0. The van der Waals surface area contributed by atoms with Gasteiger partial charge in [0.15, 0.2) is 0 Å². The molecule has 1 amide bonds. The van der Waals surface area contributed by atoms with E-state index < -0.39 is 17.6 Å². The molecule has 3 nitrogen and oxygen atoms in total. The minimum Gasteiger partial charge on any atom is -0.497 e. The molecule has 0 aliphatic rings. The third kappa shape index (κ3) is 3.51. The summed E-state index contributed by atoms with van der Waals surface area (Å²) in [7, 11) is 1.27. The molecule has 0 heterocycles. The molecule has 0 atom stereocenters. The molecule has 0 bridgehead atoms. The molecule has 92 valence electrons. The number of halogens is 3. The lowest BCUT2D eigenvalue weighted by molar-refractivity contribution is -0.137. The Morgan fingerprint density at radius 3 is 2.53 bits per heavy atom. The highest BCUT2D eigenvalue weighted by Gasteiger charge is 2.33. The number of alkyl halides is 3. The number of hydrogen-bond acceptors (Lipinski definition) is 2. The first-order valence-corrected chi connectivity index (χ1v) is 4.57. The van der Waals surface area contributed by atoms with E-state index in [1.807, 2.05) is 0 Å². The fourth-order valence-electron chi connectivity index (χ4n) is 1.23. The molecule has 0 radical (unpaired) electrons. The summed E-state index contributed by atoms with van der Waals surface area (Å²) >= 11 is 0. The third-order valence-electron chi connectivity index (χ3n) is 1.99. The molecule has 2 N–H and O–H groups in total. The SMILES string of the molecule is COc1ccc(C=CC(N)=O)c(C(F)(F)F)c1.